The minimum absolute atomic E-state index is 0.696. The number of fused-ring (bicyclic) bond motifs is 4. The molecule has 0 nitrogen and oxygen atoms in total. The molecule has 1 aliphatic rings. The Morgan fingerprint density at radius 1 is 0.556 bits per heavy atom. The fourth-order valence-electron chi connectivity index (χ4n) is 2.19. The standard InChI is InChI=1S/C16H16Se2/c1-3-13-7-14(4-1)10-18-12-16-6-2-5-15(8-16)11-17-9-13/h1-8H,9-12H2. The number of rotatable bonds is 0. The van der Waals surface area contributed by atoms with Gasteiger partial charge in [-0.05, 0) is 0 Å². The van der Waals surface area contributed by atoms with Gasteiger partial charge in [0, 0.05) is 0 Å². The molecule has 18 heavy (non-hydrogen) atoms. The molecule has 0 fully saturated rings. The maximum absolute atomic E-state index is 2.43. The second-order valence-corrected chi connectivity index (χ2v) is 8.76. The summed E-state index contributed by atoms with van der Waals surface area (Å²) < 4.78 is 0. The van der Waals surface area contributed by atoms with Crippen LogP contribution in [0.3, 0.4) is 0 Å². The summed E-state index contributed by atoms with van der Waals surface area (Å²) in [6.07, 6.45) is 0. The summed E-state index contributed by atoms with van der Waals surface area (Å²) in [5, 5.41) is 5.10. The molecule has 0 radical (unpaired) electrons. The zero-order chi connectivity index (χ0) is 12.2. The summed E-state index contributed by atoms with van der Waals surface area (Å²) in [5.74, 6) is 0. The van der Waals surface area contributed by atoms with Crippen LogP contribution in [0.1, 0.15) is 22.3 Å². The van der Waals surface area contributed by atoms with Crippen LogP contribution in [-0.2, 0) is 21.3 Å². The van der Waals surface area contributed by atoms with Gasteiger partial charge in [-0.2, -0.15) is 0 Å². The molecule has 0 saturated carbocycles. The molecule has 2 heteroatoms. The van der Waals surface area contributed by atoms with Gasteiger partial charge in [-0.25, -0.2) is 0 Å². The zero-order valence-electron chi connectivity index (χ0n) is 10.3. The number of hydrogen-bond donors (Lipinski definition) is 0. The molecule has 1 aliphatic heterocycles. The Bertz CT molecular complexity index is 446. The summed E-state index contributed by atoms with van der Waals surface area (Å²) in [6, 6.07) is 18.5. The molecular weight excluding hydrogens is 350 g/mol. The van der Waals surface area contributed by atoms with Crippen LogP contribution in [-0.4, -0.2) is 29.9 Å². The number of benzene rings is 2. The van der Waals surface area contributed by atoms with Crippen molar-refractivity contribution in [3.63, 3.8) is 0 Å². The van der Waals surface area contributed by atoms with Crippen molar-refractivity contribution in [1.29, 1.82) is 0 Å². The molecular formula is C16H16Se2. The molecule has 0 N–H and O–H groups in total. The molecule has 0 aliphatic carbocycles. The van der Waals surface area contributed by atoms with Crippen molar-refractivity contribution in [2.24, 2.45) is 0 Å². The molecule has 92 valence electrons. The third kappa shape index (κ3) is 3.27. The van der Waals surface area contributed by atoms with E-state index in [1.165, 1.54) is 21.3 Å². The predicted molar refractivity (Wildman–Crippen MR) is 79.2 cm³/mol. The van der Waals surface area contributed by atoms with E-state index < -0.39 is 0 Å². The van der Waals surface area contributed by atoms with E-state index in [2.05, 4.69) is 48.5 Å². The summed E-state index contributed by atoms with van der Waals surface area (Å²) in [7, 11) is 0. The second-order valence-electron chi connectivity index (χ2n) is 4.63. The Hall–Kier alpha value is -0.521. The quantitative estimate of drug-likeness (QED) is 0.629. The van der Waals surface area contributed by atoms with Crippen LogP contribution in [0.25, 0.3) is 0 Å². The van der Waals surface area contributed by atoms with Gasteiger partial charge < -0.3 is 0 Å². The fourth-order valence-corrected chi connectivity index (χ4v) is 6.11. The van der Waals surface area contributed by atoms with E-state index in [1.807, 2.05) is 0 Å². The van der Waals surface area contributed by atoms with E-state index in [0.29, 0.717) is 29.9 Å². The van der Waals surface area contributed by atoms with Gasteiger partial charge in [0.1, 0.15) is 0 Å². The Balaban J connectivity index is 1.84. The summed E-state index contributed by atoms with van der Waals surface area (Å²) in [4.78, 5) is 0. The Morgan fingerprint density at radius 2 is 0.889 bits per heavy atom. The third-order valence-corrected chi connectivity index (χ3v) is 7.57. The van der Waals surface area contributed by atoms with E-state index in [-0.39, 0.29) is 0 Å². The van der Waals surface area contributed by atoms with Crippen LogP contribution in [0, 0.1) is 0 Å². The molecule has 1 heterocycles. The molecule has 2 aromatic carbocycles. The van der Waals surface area contributed by atoms with Crippen LogP contribution in [0.5, 0.6) is 0 Å². The van der Waals surface area contributed by atoms with Gasteiger partial charge >= 0.3 is 122 Å². The first kappa shape index (κ1) is 12.5. The Morgan fingerprint density at radius 3 is 1.22 bits per heavy atom. The van der Waals surface area contributed by atoms with Gasteiger partial charge in [0.25, 0.3) is 0 Å². The third-order valence-electron chi connectivity index (χ3n) is 3.06. The van der Waals surface area contributed by atoms with Crippen molar-refractivity contribution < 1.29 is 0 Å². The fraction of sp³-hybridized carbons (Fsp3) is 0.250. The van der Waals surface area contributed by atoms with Crippen molar-refractivity contribution in [1.82, 2.24) is 0 Å². The molecule has 2 aromatic rings. The van der Waals surface area contributed by atoms with E-state index in [9.17, 15) is 0 Å². The number of hydrogen-bond acceptors (Lipinski definition) is 0. The van der Waals surface area contributed by atoms with Crippen molar-refractivity contribution in [2.45, 2.75) is 21.3 Å². The first-order valence-corrected chi connectivity index (χ1v) is 11.1. The van der Waals surface area contributed by atoms with Crippen LogP contribution in [0.2, 0.25) is 0 Å². The van der Waals surface area contributed by atoms with Crippen molar-refractivity contribution in [3.8, 4) is 0 Å². The molecule has 0 unspecified atom stereocenters. The second kappa shape index (κ2) is 6.08. The molecule has 3 rings (SSSR count). The molecule has 0 aromatic heterocycles. The zero-order valence-corrected chi connectivity index (χ0v) is 13.7. The van der Waals surface area contributed by atoms with Gasteiger partial charge in [-0.3, -0.25) is 0 Å². The first-order chi connectivity index (χ1) is 8.90. The van der Waals surface area contributed by atoms with Gasteiger partial charge in [-0.15, -0.1) is 0 Å². The summed E-state index contributed by atoms with van der Waals surface area (Å²) in [5.41, 5.74) is 6.17. The normalized spacial score (nSPS) is 15.6. The summed E-state index contributed by atoms with van der Waals surface area (Å²) in [6.45, 7) is 0. The maximum atomic E-state index is 2.43. The van der Waals surface area contributed by atoms with Gasteiger partial charge in [-0.1, -0.05) is 0 Å². The van der Waals surface area contributed by atoms with Crippen LogP contribution < -0.4 is 0 Å². The predicted octanol–water partition coefficient (Wildman–Crippen LogP) is 2.81. The average Bonchev–Trinajstić information content (AvgIpc) is 2.39. The Labute approximate surface area is 122 Å². The van der Waals surface area contributed by atoms with E-state index in [1.54, 1.807) is 22.3 Å². The van der Waals surface area contributed by atoms with Crippen molar-refractivity contribution >= 4 is 29.9 Å². The van der Waals surface area contributed by atoms with Crippen LogP contribution >= 0.6 is 0 Å². The monoisotopic (exact) mass is 368 g/mol. The minimum atomic E-state index is 0.696. The Kier molecular flexibility index (Phi) is 4.23. The van der Waals surface area contributed by atoms with E-state index >= 15 is 0 Å². The molecule has 4 bridgehead atoms. The average molecular weight is 366 g/mol. The van der Waals surface area contributed by atoms with Gasteiger partial charge in [0.15, 0.2) is 0 Å². The molecule has 0 spiro atoms. The first-order valence-electron chi connectivity index (χ1n) is 6.21. The molecule has 0 saturated heterocycles. The van der Waals surface area contributed by atoms with Crippen molar-refractivity contribution in [3.05, 3.63) is 70.8 Å². The van der Waals surface area contributed by atoms with Gasteiger partial charge in [0.2, 0.25) is 0 Å². The van der Waals surface area contributed by atoms with E-state index in [4.69, 9.17) is 0 Å². The van der Waals surface area contributed by atoms with E-state index in [0.717, 1.165) is 0 Å². The molecule has 0 atom stereocenters. The van der Waals surface area contributed by atoms with Crippen LogP contribution in [0.15, 0.2) is 48.5 Å². The van der Waals surface area contributed by atoms with Gasteiger partial charge in [0.05, 0.1) is 0 Å². The summed E-state index contributed by atoms with van der Waals surface area (Å²) >= 11 is 1.39. The van der Waals surface area contributed by atoms with Crippen LogP contribution in [0.4, 0.5) is 0 Å². The topological polar surface area (TPSA) is 0 Å². The van der Waals surface area contributed by atoms with Crippen molar-refractivity contribution in [2.75, 3.05) is 0 Å². The SMILES string of the molecule is c1cc2cc(c1)C[Se]Cc1cccc(c1)C[Se]C2. The molecule has 0 amide bonds.